The van der Waals surface area contributed by atoms with Gasteiger partial charge in [-0.05, 0) is 51.0 Å². The second-order valence-electron chi connectivity index (χ2n) is 7.28. The number of rotatable bonds is 5. The number of likely N-dealkylation sites (tertiary alicyclic amines) is 1. The molecule has 2 aliphatic rings. The summed E-state index contributed by atoms with van der Waals surface area (Å²) in [6, 6.07) is 0. The third kappa shape index (κ3) is 3.47. The maximum absolute atomic E-state index is 13.3. The second kappa shape index (κ2) is 7.80. The number of thiophene rings is 1. The highest BCUT2D eigenvalue weighted by Gasteiger charge is 2.27. The van der Waals surface area contributed by atoms with Gasteiger partial charge in [-0.1, -0.05) is 17.8 Å². The number of nitrogens with zero attached hydrogens (tertiary/aromatic N) is 3. The number of fused-ring (bicyclic) bond motifs is 3. The highest BCUT2D eigenvalue weighted by molar-refractivity contribution is 8.00. The summed E-state index contributed by atoms with van der Waals surface area (Å²) in [5, 5.41) is 1.17. The standard InChI is InChI=1S/C20H25N3O2S2/c1-3-10-23-19(25)16-14-8-4-5-9-15(14)27-17(16)21-20(23)26-13(2)18(24)22-11-6-7-12-22/h3,13H,1,4-12H2,2H3. The molecule has 0 radical (unpaired) electrons. The third-order valence-electron chi connectivity index (χ3n) is 5.40. The SMILES string of the molecule is C=CCn1c(SC(C)C(=O)N2CCCC2)nc2sc3c(c2c1=O)CCCC3. The van der Waals surface area contributed by atoms with Crippen LogP contribution in [-0.2, 0) is 24.2 Å². The van der Waals surface area contributed by atoms with Crippen LogP contribution in [0.25, 0.3) is 10.2 Å². The van der Waals surface area contributed by atoms with Crippen molar-refractivity contribution in [3.05, 3.63) is 33.4 Å². The molecular formula is C20H25N3O2S2. The maximum Gasteiger partial charge on any atom is 0.263 e. The molecule has 0 aromatic carbocycles. The minimum atomic E-state index is -0.252. The number of aryl methyl sites for hydroxylation is 2. The Morgan fingerprint density at radius 2 is 2.04 bits per heavy atom. The number of carbonyl (C=O) groups excluding carboxylic acids is 1. The third-order valence-corrected chi connectivity index (χ3v) is 7.66. The molecule has 2 aromatic rings. The van der Waals surface area contributed by atoms with Crippen molar-refractivity contribution in [2.24, 2.45) is 0 Å². The predicted molar refractivity (Wildman–Crippen MR) is 112 cm³/mol. The lowest BCUT2D eigenvalue weighted by Gasteiger charge is -2.20. The average molecular weight is 404 g/mol. The van der Waals surface area contributed by atoms with Gasteiger partial charge in [0.1, 0.15) is 4.83 Å². The summed E-state index contributed by atoms with van der Waals surface area (Å²) in [6.45, 7) is 7.81. The molecule has 144 valence electrons. The van der Waals surface area contributed by atoms with Crippen molar-refractivity contribution in [1.82, 2.24) is 14.5 Å². The van der Waals surface area contributed by atoms with Crippen LogP contribution in [0.2, 0.25) is 0 Å². The first-order valence-electron chi connectivity index (χ1n) is 9.71. The molecule has 0 N–H and O–H groups in total. The zero-order valence-electron chi connectivity index (χ0n) is 15.7. The number of aromatic nitrogens is 2. The van der Waals surface area contributed by atoms with Gasteiger partial charge in [-0.3, -0.25) is 14.2 Å². The van der Waals surface area contributed by atoms with Gasteiger partial charge in [-0.2, -0.15) is 0 Å². The zero-order chi connectivity index (χ0) is 19.0. The highest BCUT2D eigenvalue weighted by Crippen LogP contribution is 2.35. The Balaban J connectivity index is 1.72. The first-order chi connectivity index (χ1) is 13.1. The van der Waals surface area contributed by atoms with Crippen LogP contribution >= 0.6 is 23.1 Å². The molecule has 2 aromatic heterocycles. The minimum Gasteiger partial charge on any atom is -0.342 e. The Hall–Kier alpha value is -1.60. The molecule has 1 fully saturated rings. The normalized spacial score (nSPS) is 17.9. The number of carbonyl (C=O) groups is 1. The summed E-state index contributed by atoms with van der Waals surface area (Å²) in [4.78, 5) is 34.9. The Morgan fingerprint density at radius 1 is 1.30 bits per heavy atom. The van der Waals surface area contributed by atoms with Gasteiger partial charge >= 0.3 is 0 Å². The summed E-state index contributed by atoms with van der Waals surface area (Å²) in [7, 11) is 0. The van der Waals surface area contributed by atoms with E-state index in [-0.39, 0.29) is 16.7 Å². The Labute approximate surface area is 167 Å². The van der Waals surface area contributed by atoms with E-state index in [0.717, 1.165) is 55.4 Å². The smallest absolute Gasteiger partial charge is 0.263 e. The molecule has 7 heteroatoms. The van der Waals surface area contributed by atoms with E-state index in [1.165, 1.54) is 28.6 Å². The fourth-order valence-corrected chi connectivity index (χ4v) is 6.31. The quantitative estimate of drug-likeness (QED) is 0.435. The lowest BCUT2D eigenvalue weighted by molar-refractivity contribution is -0.129. The van der Waals surface area contributed by atoms with Crippen LogP contribution in [0.1, 0.15) is 43.0 Å². The zero-order valence-corrected chi connectivity index (χ0v) is 17.3. The summed E-state index contributed by atoms with van der Waals surface area (Å²) < 4.78 is 1.69. The first kappa shape index (κ1) is 18.7. The highest BCUT2D eigenvalue weighted by atomic mass is 32.2. The molecule has 1 saturated heterocycles. The molecule has 1 unspecified atom stereocenters. The fraction of sp³-hybridized carbons (Fsp3) is 0.550. The van der Waals surface area contributed by atoms with E-state index in [2.05, 4.69) is 6.58 Å². The van der Waals surface area contributed by atoms with Gasteiger partial charge in [-0.15, -0.1) is 17.9 Å². The molecule has 1 atom stereocenters. The van der Waals surface area contributed by atoms with Gasteiger partial charge in [0.25, 0.3) is 5.56 Å². The molecule has 27 heavy (non-hydrogen) atoms. The Bertz CT molecular complexity index is 941. The van der Waals surface area contributed by atoms with Crippen LogP contribution < -0.4 is 5.56 Å². The molecule has 1 amide bonds. The number of amides is 1. The van der Waals surface area contributed by atoms with Crippen molar-refractivity contribution in [2.75, 3.05) is 13.1 Å². The summed E-state index contributed by atoms with van der Waals surface area (Å²) >= 11 is 3.06. The topological polar surface area (TPSA) is 55.2 Å². The van der Waals surface area contributed by atoms with Gasteiger partial charge in [0, 0.05) is 24.5 Å². The summed E-state index contributed by atoms with van der Waals surface area (Å²) in [6.07, 6.45) is 8.22. The Kier molecular flexibility index (Phi) is 5.41. The monoisotopic (exact) mass is 403 g/mol. The predicted octanol–water partition coefficient (Wildman–Crippen LogP) is 3.63. The molecule has 5 nitrogen and oxygen atoms in total. The Morgan fingerprint density at radius 3 is 2.78 bits per heavy atom. The number of hydrogen-bond donors (Lipinski definition) is 0. The lowest BCUT2D eigenvalue weighted by Crippen LogP contribution is -2.34. The van der Waals surface area contributed by atoms with Crippen LogP contribution in [0, 0.1) is 0 Å². The molecule has 0 saturated carbocycles. The van der Waals surface area contributed by atoms with Gasteiger partial charge in [-0.25, -0.2) is 4.98 Å². The van der Waals surface area contributed by atoms with Gasteiger partial charge in [0.2, 0.25) is 5.91 Å². The largest absolute Gasteiger partial charge is 0.342 e. The summed E-state index contributed by atoms with van der Waals surface area (Å²) in [5.74, 6) is 0.141. The second-order valence-corrected chi connectivity index (χ2v) is 9.67. The average Bonchev–Trinajstić information content (AvgIpc) is 3.31. The van der Waals surface area contributed by atoms with Crippen LogP contribution in [-0.4, -0.2) is 38.7 Å². The maximum atomic E-state index is 13.3. The van der Waals surface area contributed by atoms with E-state index in [4.69, 9.17) is 4.98 Å². The van der Waals surface area contributed by atoms with E-state index >= 15 is 0 Å². The molecule has 4 rings (SSSR count). The molecule has 1 aliphatic heterocycles. The van der Waals surface area contributed by atoms with Crippen molar-refractivity contribution in [2.45, 2.75) is 62.4 Å². The van der Waals surface area contributed by atoms with E-state index in [0.29, 0.717) is 11.7 Å². The molecule has 0 bridgehead atoms. The molecule has 0 spiro atoms. The number of hydrogen-bond acceptors (Lipinski definition) is 5. The van der Waals surface area contributed by atoms with Crippen LogP contribution in [0.5, 0.6) is 0 Å². The van der Waals surface area contributed by atoms with Gasteiger partial charge in [0.15, 0.2) is 5.16 Å². The van der Waals surface area contributed by atoms with Crippen molar-refractivity contribution < 1.29 is 4.79 Å². The van der Waals surface area contributed by atoms with Crippen LogP contribution in [0.15, 0.2) is 22.6 Å². The van der Waals surface area contributed by atoms with E-state index in [9.17, 15) is 9.59 Å². The van der Waals surface area contributed by atoms with Crippen molar-refractivity contribution in [3.63, 3.8) is 0 Å². The lowest BCUT2D eigenvalue weighted by atomic mass is 9.97. The molecule has 3 heterocycles. The van der Waals surface area contributed by atoms with Crippen molar-refractivity contribution in [3.8, 4) is 0 Å². The van der Waals surface area contributed by atoms with Crippen LogP contribution in [0.3, 0.4) is 0 Å². The van der Waals surface area contributed by atoms with E-state index in [1.54, 1.807) is 22.0 Å². The van der Waals surface area contributed by atoms with Crippen molar-refractivity contribution in [1.29, 1.82) is 0 Å². The number of thioether (sulfide) groups is 1. The number of allylic oxidation sites excluding steroid dienone is 1. The van der Waals surface area contributed by atoms with E-state index in [1.807, 2.05) is 11.8 Å². The van der Waals surface area contributed by atoms with Crippen LogP contribution in [0.4, 0.5) is 0 Å². The molecular weight excluding hydrogens is 378 g/mol. The molecule has 1 aliphatic carbocycles. The first-order valence-corrected chi connectivity index (χ1v) is 11.4. The van der Waals surface area contributed by atoms with E-state index < -0.39 is 0 Å². The van der Waals surface area contributed by atoms with Gasteiger partial charge in [0.05, 0.1) is 10.6 Å². The van der Waals surface area contributed by atoms with Gasteiger partial charge < -0.3 is 4.90 Å². The summed E-state index contributed by atoms with van der Waals surface area (Å²) in [5.41, 5.74) is 1.22. The fourth-order valence-electron chi connectivity index (χ4n) is 4.00. The minimum absolute atomic E-state index is 0.0163. The van der Waals surface area contributed by atoms with Crippen molar-refractivity contribution >= 4 is 39.2 Å².